The Labute approximate surface area is 110 Å². The lowest BCUT2D eigenvalue weighted by atomic mass is 10.2. The summed E-state index contributed by atoms with van der Waals surface area (Å²) >= 11 is 0. The van der Waals surface area contributed by atoms with Crippen molar-refractivity contribution >= 4 is 11.6 Å². The van der Waals surface area contributed by atoms with Crippen LogP contribution in [-0.4, -0.2) is 25.8 Å². The highest BCUT2D eigenvalue weighted by molar-refractivity contribution is 5.74. The van der Waals surface area contributed by atoms with E-state index in [1.165, 1.54) is 4.40 Å². The fraction of sp³-hybridized carbons (Fsp3) is 0.462. The minimum Gasteiger partial charge on any atom is -0.458 e. The molecule has 0 spiro atoms. The summed E-state index contributed by atoms with van der Waals surface area (Å²) in [6, 6.07) is 4.47. The number of esters is 1. The van der Waals surface area contributed by atoms with E-state index in [0.29, 0.717) is 5.65 Å². The molecule has 6 nitrogen and oxygen atoms in total. The third-order valence-corrected chi connectivity index (χ3v) is 2.57. The molecule has 0 N–H and O–H groups in total. The SMILES string of the molecule is CC(C(=O)OC(C)(C)C)n1nc2ccccn2c1=O. The van der Waals surface area contributed by atoms with Gasteiger partial charge in [-0.25, -0.2) is 9.59 Å². The van der Waals surface area contributed by atoms with Gasteiger partial charge in [-0.1, -0.05) is 6.07 Å². The summed E-state index contributed by atoms with van der Waals surface area (Å²) in [4.78, 5) is 24.1. The summed E-state index contributed by atoms with van der Waals surface area (Å²) in [5.41, 5.74) is -0.439. The van der Waals surface area contributed by atoms with Crippen LogP contribution >= 0.6 is 0 Å². The summed E-state index contributed by atoms with van der Waals surface area (Å²) in [5, 5.41) is 4.13. The van der Waals surface area contributed by atoms with Gasteiger partial charge in [0.15, 0.2) is 11.7 Å². The minimum absolute atomic E-state index is 0.353. The normalized spacial score (nSPS) is 13.5. The van der Waals surface area contributed by atoms with Crippen LogP contribution in [0.2, 0.25) is 0 Å². The molecule has 19 heavy (non-hydrogen) atoms. The number of fused-ring (bicyclic) bond motifs is 1. The molecule has 0 amide bonds. The van der Waals surface area contributed by atoms with Crippen LogP contribution in [0.4, 0.5) is 0 Å². The van der Waals surface area contributed by atoms with Crippen LogP contribution in [-0.2, 0) is 9.53 Å². The van der Waals surface area contributed by atoms with E-state index in [9.17, 15) is 9.59 Å². The molecule has 0 aromatic carbocycles. The summed E-state index contributed by atoms with van der Waals surface area (Å²) in [7, 11) is 0. The van der Waals surface area contributed by atoms with Gasteiger partial charge in [-0.2, -0.15) is 4.68 Å². The number of ether oxygens (including phenoxy) is 1. The standard InChI is InChI=1S/C13H17N3O3/c1-9(11(17)19-13(2,3)4)16-12(18)15-8-6-5-7-10(15)14-16/h5-9H,1-4H3. The number of rotatable bonds is 2. The fourth-order valence-corrected chi connectivity index (χ4v) is 1.68. The van der Waals surface area contributed by atoms with Crippen LogP contribution < -0.4 is 5.69 Å². The molecule has 1 unspecified atom stereocenters. The van der Waals surface area contributed by atoms with E-state index >= 15 is 0 Å². The second-order valence-corrected chi connectivity index (χ2v) is 5.37. The van der Waals surface area contributed by atoms with Gasteiger partial charge < -0.3 is 4.74 Å². The van der Waals surface area contributed by atoms with Crippen molar-refractivity contribution in [2.45, 2.75) is 39.3 Å². The number of carbonyl (C=O) groups is 1. The Kier molecular flexibility index (Phi) is 3.18. The van der Waals surface area contributed by atoms with Crippen molar-refractivity contribution in [1.29, 1.82) is 0 Å². The maximum absolute atomic E-state index is 12.1. The van der Waals surface area contributed by atoms with Gasteiger partial charge in [0, 0.05) is 6.20 Å². The summed E-state index contributed by atoms with van der Waals surface area (Å²) in [6.07, 6.45) is 1.61. The summed E-state index contributed by atoms with van der Waals surface area (Å²) in [6.45, 7) is 6.94. The lowest BCUT2D eigenvalue weighted by Crippen LogP contribution is -2.34. The Morgan fingerprint density at radius 2 is 2.05 bits per heavy atom. The Morgan fingerprint density at radius 1 is 1.37 bits per heavy atom. The van der Waals surface area contributed by atoms with Crippen molar-refractivity contribution in [2.75, 3.05) is 0 Å². The van der Waals surface area contributed by atoms with Crippen LogP contribution in [0.1, 0.15) is 33.7 Å². The van der Waals surface area contributed by atoms with Gasteiger partial charge in [0.05, 0.1) is 0 Å². The van der Waals surface area contributed by atoms with Crippen LogP contribution in [0.3, 0.4) is 0 Å². The molecule has 0 bridgehead atoms. The number of nitrogens with zero attached hydrogens (tertiary/aromatic N) is 3. The third-order valence-electron chi connectivity index (χ3n) is 2.57. The molecule has 2 rings (SSSR count). The summed E-state index contributed by atoms with van der Waals surface area (Å²) < 4.78 is 7.79. The fourth-order valence-electron chi connectivity index (χ4n) is 1.68. The molecular weight excluding hydrogens is 246 g/mol. The van der Waals surface area contributed by atoms with E-state index in [0.717, 1.165) is 4.68 Å². The van der Waals surface area contributed by atoms with Gasteiger partial charge >= 0.3 is 11.7 Å². The van der Waals surface area contributed by atoms with Gasteiger partial charge in [-0.15, -0.1) is 5.10 Å². The maximum Gasteiger partial charge on any atom is 0.351 e. The molecule has 0 saturated carbocycles. The molecule has 6 heteroatoms. The van der Waals surface area contributed by atoms with Gasteiger partial charge in [0.1, 0.15) is 5.60 Å². The van der Waals surface area contributed by atoms with E-state index in [2.05, 4.69) is 5.10 Å². The molecule has 2 aromatic heterocycles. The van der Waals surface area contributed by atoms with Gasteiger partial charge in [-0.05, 0) is 39.8 Å². The van der Waals surface area contributed by atoms with Crippen LogP contribution in [0.5, 0.6) is 0 Å². The number of carbonyl (C=O) groups excluding carboxylic acids is 1. The molecule has 0 fully saturated rings. The van der Waals surface area contributed by atoms with Gasteiger partial charge in [-0.3, -0.25) is 4.40 Å². The number of hydrogen-bond donors (Lipinski definition) is 0. The third kappa shape index (κ3) is 2.67. The first-order chi connectivity index (χ1) is 8.79. The van der Waals surface area contributed by atoms with Crippen molar-refractivity contribution in [3.8, 4) is 0 Å². The van der Waals surface area contributed by atoms with Crippen molar-refractivity contribution < 1.29 is 9.53 Å². The number of aromatic nitrogens is 3. The van der Waals surface area contributed by atoms with E-state index < -0.39 is 17.6 Å². The summed E-state index contributed by atoms with van der Waals surface area (Å²) in [5.74, 6) is -0.474. The predicted octanol–water partition coefficient (Wildman–Crippen LogP) is 1.40. The second-order valence-electron chi connectivity index (χ2n) is 5.37. The zero-order valence-corrected chi connectivity index (χ0v) is 11.5. The molecule has 0 saturated heterocycles. The average molecular weight is 263 g/mol. The minimum atomic E-state index is -0.758. The van der Waals surface area contributed by atoms with Crippen molar-refractivity contribution in [1.82, 2.24) is 14.2 Å². The highest BCUT2D eigenvalue weighted by atomic mass is 16.6. The Bertz CT molecular complexity index is 664. The quantitative estimate of drug-likeness (QED) is 0.768. The van der Waals surface area contributed by atoms with E-state index in [1.54, 1.807) is 52.1 Å². The first kappa shape index (κ1) is 13.3. The van der Waals surface area contributed by atoms with Gasteiger partial charge in [0.25, 0.3) is 0 Å². The van der Waals surface area contributed by atoms with Crippen molar-refractivity contribution in [3.05, 3.63) is 34.9 Å². The van der Waals surface area contributed by atoms with E-state index in [-0.39, 0.29) is 5.69 Å². The smallest absolute Gasteiger partial charge is 0.351 e. The molecule has 0 aliphatic rings. The number of hydrogen-bond acceptors (Lipinski definition) is 4. The van der Waals surface area contributed by atoms with Crippen LogP contribution in [0.25, 0.3) is 5.65 Å². The van der Waals surface area contributed by atoms with E-state index in [4.69, 9.17) is 4.74 Å². The average Bonchev–Trinajstić information content (AvgIpc) is 2.64. The highest BCUT2D eigenvalue weighted by Gasteiger charge is 2.25. The molecule has 0 aliphatic heterocycles. The Hall–Kier alpha value is -2.11. The molecule has 2 heterocycles. The predicted molar refractivity (Wildman–Crippen MR) is 70.0 cm³/mol. The highest BCUT2D eigenvalue weighted by Crippen LogP contribution is 2.13. The van der Waals surface area contributed by atoms with Crippen LogP contribution in [0.15, 0.2) is 29.2 Å². The molecule has 1 atom stereocenters. The topological polar surface area (TPSA) is 65.6 Å². The first-order valence-corrected chi connectivity index (χ1v) is 6.08. The molecule has 0 radical (unpaired) electrons. The first-order valence-electron chi connectivity index (χ1n) is 6.08. The lowest BCUT2D eigenvalue weighted by molar-refractivity contribution is -0.158. The maximum atomic E-state index is 12.1. The molecular formula is C13H17N3O3. The zero-order chi connectivity index (χ0) is 14.2. The van der Waals surface area contributed by atoms with E-state index in [1.807, 2.05) is 0 Å². The van der Waals surface area contributed by atoms with Crippen molar-refractivity contribution in [3.63, 3.8) is 0 Å². The van der Waals surface area contributed by atoms with Gasteiger partial charge in [0.2, 0.25) is 0 Å². The monoisotopic (exact) mass is 263 g/mol. The molecule has 2 aromatic rings. The second kappa shape index (κ2) is 4.53. The molecule has 0 aliphatic carbocycles. The molecule has 102 valence electrons. The van der Waals surface area contributed by atoms with Crippen molar-refractivity contribution in [2.24, 2.45) is 0 Å². The largest absolute Gasteiger partial charge is 0.458 e. The van der Waals surface area contributed by atoms with Crippen LogP contribution in [0, 0.1) is 0 Å². The number of pyridine rings is 1. The Balaban J connectivity index is 2.37. The lowest BCUT2D eigenvalue weighted by Gasteiger charge is -2.21. The Morgan fingerprint density at radius 3 is 2.63 bits per heavy atom. The zero-order valence-electron chi connectivity index (χ0n) is 11.5.